The molecule has 31 heavy (non-hydrogen) atoms. The zero-order valence-electron chi connectivity index (χ0n) is 18.6. The molecule has 0 aromatic heterocycles. The Bertz CT molecular complexity index is 906. The van der Waals surface area contributed by atoms with Crippen molar-refractivity contribution in [3.8, 4) is 0 Å². The van der Waals surface area contributed by atoms with Crippen LogP contribution in [0.15, 0.2) is 23.1 Å². The minimum atomic E-state index is -3.70. The van der Waals surface area contributed by atoms with Crippen molar-refractivity contribution in [2.24, 2.45) is 0 Å². The van der Waals surface area contributed by atoms with Crippen LogP contribution in [-0.4, -0.2) is 66.9 Å². The third-order valence-electron chi connectivity index (χ3n) is 7.28. The second-order valence-corrected chi connectivity index (χ2v) is 11.3. The normalized spacial score (nSPS) is 28.7. The Morgan fingerprint density at radius 2 is 1.65 bits per heavy atom. The van der Waals surface area contributed by atoms with E-state index in [0.29, 0.717) is 36.9 Å². The molecule has 3 saturated heterocycles. The highest BCUT2D eigenvalue weighted by molar-refractivity contribution is 7.89. The highest BCUT2D eigenvalue weighted by Gasteiger charge is 2.37. The number of hydrogen-bond donors (Lipinski definition) is 0. The van der Waals surface area contributed by atoms with Crippen LogP contribution in [0.3, 0.4) is 0 Å². The van der Waals surface area contributed by atoms with Crippen molar-refractivity contribution < 1.29 is 13.3 Å². The topological polar surface area (TPSA) is 87.0 Å². The fourth-order valence-corrected chi connectivity index (χ4v) is 7.22. The Balaban J connectivity index is 1.60. The van der Waals surface area contributed by atoms with Gasteiger partial charge in [0.05, 0.1) is 9.82 Å². The van der Waals surface area contributed by atoms with Crippen LogP contribution in [0, 0.1) is 10.1 Å². The van der Waals surface area contributed by atoms with Crippen LogP contribution in [0.4, 0.5) is 11.4 Å². The van der Waals surface area contributed by atoms with Crippen LogP contribution in [0.25, 0.3) is 0 Å². The number of benzene rings is 1. The van der Waals surface area contributed by atoms with Crippen LogP contribution in [-0.2, 0) is 10.0 Å². The molecule has 0 spiro atoms. The molecule has 1 aromatic rings. The smallest absolute Gasteiger partial charge is 0.293 e. The van der Waals surface area contributed by atoms with Crippen LogP contribution in [0.1, 0.15) is 58.8 Å². The largest absolute Gasteiger partial charge is 0.364 e. The lowest BCUT2D eigenvalue weighted by Crippen LogP contribution is -2.51. The molecule has 0 unspecified atom stereocenters. The maximum atomic E-state index is 13.0. The van der Waals surface area contributed by atoms with Crippen molar-refractivity contribution in [2.45, 2.75) is 81.8 Å². The van der Waals surface area contributed by atoms with Crippen molar-refractivity contribution in [3.63, 3.8) is 0 Å². The highest BCUT2D eigenvalue weighted by atomic mass is 32.2. The minimum Gasteiger partial charge on any atom is -0.364 e. The molecule has 0 amide bonds. The van der Waals surface area contributed by atoms with E-state index in [9.17, 15) is 18.5 Å². The summed E-state index contributed by atoms with van der Waals surface area (Å²) in [5, 5.41) is 11.9. The molecule has 3 fully saturated rings. The van der Waals surface area contributed by atoms with Crippen molar-refractivity contribution in [1.29, 1.82) is 0 Å². The standard InChI is InChI=1S/C22H34N4O4S/c1-17-8-9-18(2)25(17)19-7-6-12-23(16-19)21-11-10-20(15-22(21)26(27)28)31(29,30)24-13-4-3-5-14-24/h10-11,15,17-19H,3-9,12-14,16H2,1-2H3/t17-,18-,19+/m1/s1. The molecule has 8 nitrogen and oxygen atoms in total. The van der Waals surface area contributed by atoms with Gasteiger partial charge in [-0.3, -0.25) is 15.0 Å². The Labute approximate surface area is 185 Å². The van der Waals surface area contributed by atoms with Gasteiger partial charge < -0.3 is 4.90 Å². The van der Waals surface area contributed by atoms with E-state index in [-0.39, 0.29) is 10.6 Å². The SMILES string of the molecule is C[C@@H]1CC[C@@H](C)N1[C@H]1CCCN(c2ccc(S(=O)(=O)N3CCCCC3)cc2[N+](=O)[O-])C1. The molecule has 172 valence electrons. The van der Waals surface area contributed by atoms with Crippen LogP contribution in [0.2, 0.25) is 0 Å². The van der Waals surface area contributed by atoms with Gasteiger partial charge in [-0.25, -0.2) is 8.42 Å². The molecule has 0 saturated carbocycles. The maximum absolute atomic E-state index is 13.0. The summed E-state index contributed by atoms with van der Waals surface area (Å²) in [4.78, 5) is 16.2. The van der Waals surface area contributed by atoms with E-state index in [1.165, 1.54) is 23.2 Å². The molecule has 4 rings (SSSR count). The zero-order valence-corrected chi connectivity index (χ0v) is 19.4. The first-order valence-electron chi connectivity index (χ1n) is 11.6. The third kappa shape index (κ3) is 4.45. The lowest BCUT2D eigenvalue weighted by molar-refractivity contribution is -0.384. The van der Waals surface area contributed by atoms with Gasteiger partial charge in [-0.15, -0.1) is 0 Å². The summed E-state index contributed by atoms with van der Waals surface area (Å²) < 4.78 is 27.5. The van der Waals surface area contributed by atoms with E-state index in [4.69, 9.17) is 0 Å². The fraction of sp³-hybridized carbons (Fsp3) is 0.727. The average Bonchev–Trinajstić information content (AvgIpc) is 3.12. The molecule has 3 aliphatic rings. The van der Waals surface area contributed by atoms with E-state index in [2.05, 4.69) is 23.6 Å². The lowest BCUT2D eigenvalue weighted by atomic mass is 10.0. The number of nitro groups is 1. The lowest BCUT2D eigenvalue weighted by Gasteiger charge is -2.42. The van der Waals surface area contributed by atoms with Crippen LogP contribution >= 0.6 is 0 Å². The van der Waals surface area contributed by atoms with Gasteiger partial charge in [0, 0.05) is 50.4 Å². The molecule has 9 heteroatoms. The molecule has 1 aromatic carbocycles. The summed E-state index contributed by atoms with van der Waals surface area (Å²) in [7, 11) is -3.70. The van der Waals surface area contributed by atoms with Crippen LogP contribution < -0.4 is 4.90 Å². The number of nitrogens with zero attached hydrogens (tertiary/aromatic N) is 4. The Morgan fingerprint density at radius 1 is 0.968 bits per heavy atom. The van der Waals surface area contributed by atoms with Gasteiger partial charge in [-0.2, -0.15) is 4.31 Å². The van der Waals surface area contributed by atoms with Crippen molar-refractivity contribution in [1.82, 2.24) is 9.21 Å². The predicted octanol–water partition coefficient (Wildman–Crippen LogP) is 3.61. The Morgan fingerprint density at radius 3 is 2.29 bits per heavy atom. The second kappa shape index (κ2) is 9.03. The number of rotatable bonds is 5. The molecule has 3 aliphatic heterocycles. The summed E-state index contributed by atoms with van der Waals surface area (Å²) in [5.74, 6) is 0. The molecule has 0 aliphatic carbocycles. The summed E-state index contributed by atoms with van der Waals surface area (Å²) in [6, 6.07) is 5.91. The zero-order chi connectivity index (χ0) is 22.2. The Hall–Kier alpha value is -1.71. The maximum Gasteiger partial charge on any atom is 0.293 e. The molecule has 0 bridgehead atoms. The average molecular weight is 451 g/mol. The molecule has 3 atom stereocenters. The predicted molar refractivity (Wildman–Crippen MR) is 121 cm³/mol. The highest BCUT2D eigenvalue weighted by Crippen LogP contribution is 2.36. The first kappa shape index (κ1) is 22.5. The van der Waals surface area contributed by atoms with E-state index >= 15 is 0 Å². The van der Waals surface area contributed by atoms with Crippen molar-refractivity contribution in [3.05, 3.63) is 28.3 Å². The quantitative estimate of drug-likeness (QED) is 0.503. The van der Waals surface area contributed by atoms with Gasteiger partial charge in [0.1, 0.15) is 5.69 Å². The fourth-order valence-electron chi connectivity index (χ4n) is 5.68. The summed E-state index contributed by atoms with van der Waals surface area (Å²) >= 11 is 0. The first-order valence-corrected chi connectivity index (χ1v) is 13.0. The number of anilines is 1. The number of likely N-dealkylation sites (tertiary alicyclic amines) is 1. The van der Waals surface area contributed by atoms with Gasteiger partial charge in [0.15, 0.2) is 0 Å². The van der Waals surface area contributed by atoms with Gasteiger partial charge in [0.2, 0.25) is 10.0 Å². The summed E-state index contributed by atoms with van der Waals surface area (Å²) in [5.41, 5.74) is 0.424. The number of hydrogen-bond acceptors (Lipinski definition) is 6. The third-order valence-corrected chi connectivity index (χ3v) is 9.17. The summed E-state index contributed by atoms with van der Waals surface area (Å²) in [6.45, 7) is 7.01. The van der Waals surface area contributed by atoms with E-state index in [0.717, 1.165) is 45.2 Å². The van der Waals surface area contributed by atoms with Gasteiger partial charge >= 0.3 is 0 Å². The van der Waals surface area contributed by atoms with E-state index in [1.807, 2.05) is 0 Å². The van der Waals surface area contributed by atoms with Crippen molar-refractivity contribution in [2.75, 3.05) is 31.1 Å². The molecule has 0 N–H and O–H groups in total. The number of nitro benzene ring substituents is 1. The van der Waals surface area contributed by atoms with Crippen molar-refractivity contribution >= 4 is 21.4 Å². The number of piperidine rings is 2. The molecule has 0 radical (unpaired) electrons. The Kier molecular flexibility index (Phi) is 6.55. The van der Waals surface area contributed by atoms with E-state index in [1.54, 1.807) is 12.1 Å². The van der Waals surface area contributed by atoms with Crippen LogP contribution in [0.5, 0.6) is 0 Å². The molecule has 3 heterocycles. The first-order chi connectivity index (χ1) is 14.8. The monoisotopic (exact) mass is 450 g/mol. The van der Waals surface area contributed by atoms with Gasteiger partial charge in [0.25, 0.3) is 5.69 Å². The second-order valence-electron chi connectivity index (χ2n) is 9.34. The molecular formula is C22H34N4O4S. The summed E-state index contributed by atoms with van der Waals surface area (Å²) in [6.07, 6.45) is 7.16. The van der Waals surface area contributed by atoms with Gasteiger partial charge in [-0.05, 0) is 64.5 Å². The van der Waals surface area contributed by atoms with E-state index < -0.39 is 14.9 Å². The minimum absolute atomic E-state index is 0.0280. The molecular weight excluding hydrogens is 416 g/mol. The van der Waals surface area contributed by atoms with Gasteiger partial charge in [-0.1, -0.05) is 6.42 Å². The number of sulfonamides is 1.